The lowest BCUT2D eigenvalue weighted by Gasteiger charge is -2.29. The fourth-order valence-electron chi connectivity index (χ4n) is 16.9. The van der Waals surface area contributed by atoms with Crippen LogP contribution in [-0.4, -0.2) is 92.6 Å². The van der Waals surface area contributed by atoms with Gasteiger partial charge in [-0.1, -0.05) is 194 Å². The van der Waals surface area contributed by atoms with Gasteiger partial charge in [-0.3, -0.25) is 0 Å². The summed E-state index contributed by atoms with van der Waals surface area (Å²) in [5, 5.41) is 0. The van der Waals surface area contributed by atoms with Crippen LogP contribution in [0.2, 0.25) is 0 Å². The predicted octanol–water partition coefficient (Wildman–Crippen LogP) is 25.1. The van der Waals surface area contributed by atoms with Crippen molar-refractivity contribution in [1.29, 1.82) is 0 Å². The van der Waals surface area contributed by atoms with Crippen LogP contribution in [0, 0.1) is 0 Å². The molecule has 0 N–H and O–H groups in total. The van der Waals surface area contributed by atoms with E-state index in [0.29, 0.717) is 44.5 Å². The molecule has 0 aliphatic carbocycles. The number of sulfone groups is 1. The molecule has 0 bridgehead atoms. The number of halogens is 10. The van der Waals surface area contributed by atoms with Crippen molar-refractivity contribution < 1.29 is 92.6 Å². The second kappa shape index (κ2) is 37.0. The van der Waals surface area contributed by atoms with E-state index in [2.05, 4.69) is 0 Å². The van der Waals surface area contributed by atoms with Crippen LogP contribution in [0.1, 0.15) is 0 Å². The molecule has 139 heavy (non-hydrogen) atoms. The second-order valence-electron chi connectivity index (χ2n) is 31.2. The first-order valence-electron chi connectivity index (χ1n) is 39.7. The van der Waals surface area contributed by atoms with Crippen LogP contribution in [0.4, 0.5) is 0 Å². The first kappa shape index (κ1) is 100. The Morgan fingerprint density at radius 1 is 0.129 bits per heavy atom. The van der Waals surface area contributed by atoms with E-state index in [1.807, 2.05) is 0 Å². The van der Waals surface area contributed by atoms with Crippen LogP contribution in [-0.2, 0) is 100 Å². The molecule has 0 amide bonds. The highest BCUT2D eigenvalue weighted by Gasteiger charge is 2.38. The molecule has 0 atom stereocenters. The molecule has 706 valence electrons. The summed E-state index contributed by atoms with van der Waals surface area (Å²) >= 11 is 0. The first-order valence-corrected chi connectivity index (χ1v) is 64.3. The third-order valence-electron chi connectivity index (χ3n) is 23.1. The Balaban J connectivity index is 0.855. The summed E-state index contributed by atoms with van der Waals surface area (Å²) in [6.07, 6.45) is 0. The van der Waals surface area contributed by atoms with Crippen LogP contribution in [0.25, 0.3) is 167 Å². The zero-order valence-electron chi connectivity index (χ0n) is 69.4. The van der Waals surface area contributed by atoms with Crippen LogP contribution < -0.4 is 0 Å². The average Bonchev–Trinajstić information content (AvgIpc) is 1.71. The van der Waals surface area contributed by atoms with Gasteiger partial charge in [0.1, 0.15) is 0 Å². The minimum Gasteiger partial charge on any atom is -0.218 e. The van der Waals surface area contributed by atoms with Crippen LogP contribution in [0.5, 0.6) is 0 Å². The molecule has 0 fully saturated rings. The molecule has 0 saturated carbocycles. The SMILES string of the molecule is O=S(=O)(Cl)c1ccc(-c2c(-c3ccc(-c4ccc5c(c4)S(=O)(=O)c4cc(-c6ccc(-c7c(-c8ccc(S(=O)(=O)Cl)cc8)c(-c8ccc(S(=O)(=O)Cl)cc8)c(-c8ccc(S(=O)(=O)Cl)cc8)c(-c8ccc(S(=O)(=O)Cl)cc8)c7-c7ccc(S(=O)(=O)Cl)cc7)cc6)ccc4-5)cc3)c(-c3ccc(S(=O)(=O)Cl)cc3)c(-c3ccc(S(=O)(=O)Cl)cc3)c(-c3ccc(S(=O)(=O)Cl)cc3)c2-c2ccc(S(=O)(=O)Cl)cc2)cc1. The van der Waals surface area contributed by atoms with Gasteiger partial charge in [-0.25, -0.2) is 92.6 Å². The van der Waals surface area contributed by atoms with E-state index in [1.54, 1.807) is 72.8 Å². The van der Waals surface area contributed by atoms with Gasteiger partial charge in [-0.15, -0.1) is 0 Å². The van der Waals surface area contributed by atoms with Crippen molar-refractivity contribution in [2.45, 2.75) is 58.7 Å². The van der Waals surface area contributed by atoms with Gasteiger partial charge in [0.05, 0.1) is 58.7 Å². The highest BCUT2D eigenvalue weighted by molar-refractivity contribution is 8.16. The molecule has 43 heteroatoms. The largest absolute Gasteiger partial charge is 0.261 e. The quantitative estimate of drug-likeness (QED) is 0.0507. The van der Waals surface area contributed by atoms with Crippen LogP contribution in [0.15, 0.2) is 386 Å². The third-order valence-corrected chi connectivity index (χ3v) is 38.6. The summed E-state index contributed by atoms with van der Waals surface area (Å²) in [4.78, 5) is -3.75. The smallest absolute Gasteiger partial charge is 0.218 e. The Labute approximate surface area is 843 Å². The van der Waals surface area contributed by atoms with E-state index in [-0.39, 0.29) is 181 Å². The topological polar surface area (TPSA) is 376 Å². The molecule has 1 aliphatic heterocycles. The van der Waals surface area contributed by atoms with Crippen molar-refractivity contribution in [3.8, 4) is 167 Å². The van der Waals surface area contributed by atoms with Gasteiger partial charge in [-0.05, 0) is 289 Å². The maximum absolute atomic E-state index is 15.6. The lowest BCUT2D eigenvalue weighted by Crippen LogP contribution is -2.03. The summed E-state index contributed by atoms with van der Waals surface area (Å²) in [5.41, 5.74) is 7.62. The number of rotatable bonds is 24. The van der Waals surface area contributed by atoms with Crippen molar-refractivity contribution in [2.75, 3.05) is 0 Å². The van der Waals surface area contributed by atoms with E-state index in [1.165, 1.54) is 255 Å². The molecule has 17 rings (SSSR count). The maximum atomic E-state index is 15.6. The zero-order valence-corrected chi connectivity index (χ0v) is 86.0. The summed E-state index contributed by atoms with van der Waals surface area (Å²) in [5.74, 6) is 0. The molecule has 16 aromatic rings. The molecule has 1 aliphatic rings. The van der Waals surface area contributed by atoms with Crippen molar-refractivity contribution in [1.82, 2.24) is 0 Å². The van der Waals surface area contributed by atoms with Crippen LogP contribution >= 0.6 is 107 Å². The minimum absolute atomic E-state index is 0.116. The number of hydrogen-bond donors (Lipinski definition) is 0. The fraction of sp³-hybridized carbons (Fsp3) is 0. The lowest BCUT2D eigenvalue weighted by molar-refractivity contribution is 0.597. The lowest BCUT2D eigenvalue weighted by atomic mass is 9.74. The van der Waals surface area contributed by atoms with Gasteiger partial charge in [0.2, 0.25) is 9.84 Å². The van der Waals surface area contributed by atoms with Gasteiger partial charge in [0.15, 0.2) is 0 Å². The van der Waals surface area contributed by atoms with Gasteiger partial charge < -0.3 is 0 Å². The Kier molecular flexibility index (Phi) is 26.7. The summed E-state index contributed by atoms with van der Waals surface area (Å²) in [7, 11) is 10.8. The zero-order chi connectivity index (χ0) is 99.9. The van der Waals surface area contributed by atoms with Crippen molar-refractivity contribution in [3.63, 3.8) is 0 Å². The molecular formula is C96H54Cl10O22S11. The Bertz CT molecular complexity index is 8400. The van der Waals surface area contributed by atoms with E-state index in [4.69, 9.17) is 107 Å². The number of fused-ring (bicyclic) bond motifs is 3. The fourth-order valence-corrected chi connectivity index (χ4v) is 26.3. The molecular weight excluding hydrogens is 2210 g/mol. The molecule has 0 aromatic heterocycles. The van der Waals surface area contributed by atoms with Gasteiger partial charge in [0.25, 0.3) is 90.5 Å². The van der Waals surface area contributed by atoms with Crippen LogP contribution in [0.3, 0.4) is 0 Å². The highest BCUT2D eigenvalue weighted by Crippen LogP contribution is 2.60. The molecule has 0 radical (unpaired) electrons. The van der Waals surface area contributed by atoms with E-state index in [9.17, 15) is 84.2 Å². The summed E-state index contributed by atoms with van der Waals surface area (Å²) < 4.78 is 293. The maximum Gasteiger partial charge on any atom is 0.261 e. The number of hydrogen-bond acceptors (Lipinski definition) is 22. The van der Waals surface area contributed by atoms with Gasteiger partial charge in [-0.2, -0.15) is 0 Å². The predicted molar refractivity (Wildman–Crippen MR) is 544 cm³/mol. The molecule has 0 saturated heterocycles. The molecule has 0 spiro atoms. The van der Waals surface area contributed by atoms with Gasteiger partial charge >= 0.3 is 0 Å². The summed E-state index contributed by atoms with van der Waals surface area (Å²) in [6, 6.07) is 75.8. The number of benzene rings is 16. The normalized spacial score (nSPS) is 13.2. The van der Waals surface area contributed by atoms with E-state index < -0.39 is 100 Å². The highest BCUT2D eigenvalue weighted by atomic mass is 35.7. The minimum atomic E-state index is -4.48. The van der Waals surface area contributed by atoms with Gasteiger partial charge in [0, 0.05) is 118 Å². The Morgan fingerprint density at radius 3 is 0.331 bits per heavy atom. The van der Waals surface area contributed by atoms with E-state index in [0.717, 1.165) is 0 Å². The first-order chi connectivity index (χ1) is 65.0. The van der Waals surface area contributed by atoms with Crippen molar-refractivity contribution in [3.05, 3.63) is 328 Å². The second-order valence-corrected chi connectivity index (χ2v) is 58.7. The van der Waals surface area contributed by atoms with Crippen molar-refractivity contribution >= 4 is 207 Å². The molecule has 0 unspecified atom stereocenters. The molecule has 16 aromatic carbocycles. The van der Waals surface area contributed by atoms with E-state index >= 15 is 8.42 Å². The molecule has 1 heterocycles. The Morgan fingerprint density at radius 2 is 0.223 bits per heavy atom. The Hall–Kier alpha value is -10.1. The standard InChI is InChI=1S/C96H54Cl10O22S11/c97-130(109,110)71-31-9-59(10-32-71)87-85(88(60-11-33-72(34-12-60)131(98,111)112)92(64-19-41-76(42-20-64)135(102,119)120)95(67-25-47-79(48-26-67)138(105,125)126)91(87)63-17-39-75(40-18-63)134(101,117)118)57-5-1-55(2-6-57)69-29-51-81-82-52-30-70(54-84(82)129(107,108)83(81)53-69)56-3-7-58(8-4-56)86-89(61-13-35-73(36-14-61)132(99,113)114)93(65-21-43-77(44-22-65)136(103,121)122)96(68-27-49-80(50-28-68)139(106,127)128)94(66-23-45-78(46-24-66)137(104,123)124)90(86)62-15-37-74(38-16-62)133(100,115)116/h1-54H. The third kappa shape index (κ3) is 20.3. The summed E-state index contributed by atoms with van der Waals surface area (Å²) in [6.45, 7) is 0. The van der Waals surface area contributed by atoms with Crippen molar-refractivity contribution in [2.24, 2.45) is 0 Å². The monoisotopic (exact) mass is 2260 g/mol. The average molecular weight is 2270 g/mol. The molecule has 22 nitrogen and oxygen atoms in total.